The maximum atomic E-state index is 9.93. The van der Waals surface area contributed by atoms with Crippen molar-refractivity contribution in [2.75, 3.05) is 13.1 Å². The zero-order valence-electron chi connectivity index (χ0n) is 12.0. The van der Waals surface area contributed by atoms with Gasteiger partial charge in [-0.05, 0) is 41.3 Å². The van der Waals surface area contributed by atoms with Gasteiger partial charge in [-0.1, -0.05) is 35.9 Å². The van der Waals surface area contributed by atoms with Gasteiger partial charge >= 0.3 is 0 Å². The summed E-state index contributed by atoms with van der Waals surface area (Å²) >= 11 is 10.5. The molecule has 1 heterocycles. The Hall–Kier alpha value is -1.36. The van der Waals surface area contributed by atoms with Crippen LogP contribution in [0.2, 0.25) is 5.02 Å². The van der Waals surface area contributed by atoms with Crippen LogP contribution < -0.4 is 5.32 Å². The average molecular weight is 336 g/mol. The molecule has 0 saturated heterocycles. The summed E-state index contributed by atoms with van der Waals surface area (Å²) in [6.45, 7) is 1.57. The van der Waals surface area contributed by atoms with Crippen molar-refractivity contribution in [3.63, 3.8) is 0 Å². The minimum absolute atomic E-state index is 0.0930. The standard InChI is InChI=1S/C17H18ClNO2S/c18-16-12-5-6-19-8-14(13(12)7-15(20)17(16)21)11-3-1-10(9-22)2-4-11/h1-4,7,14,19-22H,5-6,8-9H2. The summed E-state index contributed by atoms with van der Waals surface area (Å²) in [4.78, 5) is 0. The predicted octanol–water partition coefficient (Wildman–Crippen LogP) is 3.46. The van der Waals surface area contributed by atoms with E-state index in [1.54, 1.807) is 6.07 Å². The highest BCUT2D eigenvalue weighted by molar-refractivity contribution is 7.79. The number of fused-ring (bicyclic) bond motifs is 1. The van der Waals surface area contributed by atoms with Gasteiger partial charge in [-0.15, -0.1) is 0 Å². The topological polar surface area (TPSA) is 52.5 Å². The molecule has 3 nitrogen and oxygen atoms in total. The van der Waals surface area contributed by atoms with Crippen molar-refractivity contribution >= 4 is 24.2 Å². The maximum Gasteiger partial charge on any atom is 0.176 e. The van der Waals surface area contributed by atoms with E-state index in [9.17, 15) is 10.2 Å². The summed E-state index contributed by atoms with van der Waals surface area (Å²) in [5, 5.41) is 23.5. The predicted molar refractivity (Wildman–Crippen MR) is 92.3 cm³/mol. The van der Waals surface area contributed by atoms with Crippen molar-refractivity contribution in [2.45, 2.75) is 18.1 Å². The van der Waals surface area contributed by atoms with E-state index in [1.165, 1.54) is 5.56 Å². The van der Waals surface area contributed by atoms with Gasteiger partial charge in [-0.25, -0.2) is 0 Å². The van der Waals surface area contributed by atoms with Crippen molar-refractivity contribution < 1.29 is 10.2 Å². The van der Waals surface area contributed by atoms with Gasteiger partial charge in [0, 0.05) is 18.2 Å². The molecule has 2 aromatic carbocycles. The first-order valence-corrected chi connectivity index (χ1v) is 8.26. The second kappa shape index (κ2) is 6.41. The summed E-state index contributed by atoms with van der Waals surface area (Å²) in [5.74, 6) is 0.407. The molecular weight excluding hydrogens is 318 g/mol. The minimum atomic E-state index is -0.230. The highest BCUT2D eigenvalue weighted by Crippen LogP contribution is 2.42. The molecule has 3 rings (SSSR count). The van der Waals surface area contributed by atoms with Gasteiger partial charge in [0.15, 0.2) is 11.5 Å². The second-order valence-corrected chi connectivity index (χ2v) is 6.23. The smallest absolute Gasteiger partial charge is 0.176 e. The molecule has 0 aliphatic carbocycles. The van der Waals surface area contributed by atoms with Gasteiger partial charge in [-0.3, -0.25) is 0 Å². The summed E-state index contributed by atoms with van der Waals surface area (Å²) in [5.41, 5.74) is 4.21. The molecule has 22 heavy (non-hydrogen) atoms. The molecule has 0 spiro atoms. The van der Waals surface area contributed by atoms with Crippen LogP contribution in [0, 0.1) is 0 Å². The number of thiol groups is 1. The normalized spacial score (nSPS) is 17.8. The summed E-state index contributed by atoms with van der Waals surface area (Å²) in [6, 6.07) is 9.94. The zero-order chi connectivity index (χ0) is 15.7. The second-order valence-electron chi connectivity index (χ2n) is 5.53. The van der Waals surface area contributed by atoms with E-state index in [-0.39, 0.29) is 22.4 Å². The van der Waals surface area contributed by atoms with Gasteiger partial charge in [-0.2, -0.15) is 12.6 Å². The average Bonchev–Trinajstić information content (AvgIpc) is 2.75. The lowest BCUT2D eigenvalue weighted by atomic mass is 9.87. The number of phenolic OH excluding ortho intramolecular Hbond substituents is 2. The third-order valence-corrected chi connectivity index (χ3v) is 4.97. The molecule has 116 valence electrons. The maximum absolute atomic E-state index is 9.93. The van der Waals surface area contributed by atoms with Crippen LogP contribution in [0.4, 0.5) is 0 Å². The molecule has 0 radical (unpaired) electrons. The van der Waals surface area contributed by atoms with E-state index >= 15 is 0 Å². The number of nitrogens with one attached hydrogen (secondary N) is 1. The van der Waals surface area contributed by atoms with Crippen LogP contribution in [0.1, 0.15) is 28.2 Å². The van der Waals surface area contributed by atoms with Crippen molar-refractivity contribution in [2.24, 2.45) is 0 Å². The molecule has 5 heteroatoms. The first kappa shape index (κ1) is 15.5. The lowest BCUT2D eigenvalue weighted by Crippen LogP contribution is -2.20. The summed E-state index contributed by atoms with van der Waals surface area (Å²) < 4.78 is 0. The summed E-state index contributed by atoms with van der Waals surface area (Å²) in [7, 11) is 0. The molecule has 1 aliphatic rings. The molecule has 0 saturated carbocycles. The van der Waals surface area contributed by atoms with Gasteiger partial charge in [0.05, 0.1) is 5.02 Å². The Morgan fingerprint density at radius 3 is 2.64 bits per heavy atom. The zero-order valence-corrected chi connectivity index (χ0v) is 13.7. The molecule has 0 fully saturated rings. The molecule has 1 aliphatic heterocycles. The Morgan fingerprint density at radius 1 is 1.23 bits per heavy atom. The number of halogens is 1. The molecule has 2 aromatic rings. The Bertz CT molecular complexity index is 688. The van der Waals surface area contributed by atoms with Crippen LogP contribution in [0.25, 0.3) is 0 Å². The fourth-order valence-electron chi connectivity index (χ4n) is 2.97. The number of hydrogen-bond donors (Lipinski definition) is 4. The van der Waals surface area contributed by atoms with Crippen LogP contribution in [-0.4, -0.2) is 23.3 Å². The largest absolute Gasteiger partial charge is 0.504 e. The monoisotopic (exact) mass is 335 g/mol. The number of benzene rings is 2. The van der Waals surface area contributed by atoms with Crippen LogP contribution in [0.5, 0.6) is 11.5 Å². The molecule has 0 bridgehead atoms. The van der Waals surface area contributed by atoms with E-state index in [1.807, 2.05) is 0 Å². The van der Waals surface area contributed by atoms with Crippen molar-refractivity contribution in [1.82, 2.24) is 5.32 Å². The lowest BCUT2D eigenvalue weighted by molar-refractivity contribution is 0.402. The van der Waals surface area contributed by atoms with Crippen LogP contribution in [0.15, 0.2) is 30.3 Å². The molecule has 0 aromatic heterocycles. The van der Waals surface area contributed by atoms with Crippen LogP contribution in [0.3, 0.4) is 0 Å². The van der Waals surface area contributed by atoms with Crippen LogP contribution in [-0.2, 0) is 12.2 Å². The Labute approximate surface area is 140 Å². The van der Waals surface area contributed by atoms with Crippen molar-refractivity contribution in [3.8, 4) is 11.5 Å². The van der Waals surface area contributed by atoms with Gasteiger partial charge < -0.3 is 15.5 Å². The first-order chi connectivity index (χ1) is 10.6. The van der Waals surface area contributed by atoms with E-state index in [0.29, 0.717) is 5.75 Å². The van der Waals surface area contributed by atoms with Gasteiger partial charge in [0.25, 0.3) is 0 Å². The van der Waals surface area contributed by atoms with Crippen molar-refractivity contribution in [1.29, 1.82) is 0 Å². The number of rotatable bonds is 2. The molecular formula is C17H18ClNO2S. The minimum Gasteiger partial charge on any atom is -0.504 e. The lowest BCUT2D eigenvalue weighted by Gasteiger charge is -2.20. The Kier molecular flexibility index (Phi) is 4.52. The molecule has 1 unspecified atom stereocenters. The Balaban J connectivity index is 2.10. The summed E-state index contributed by atoms with van der Waals surface area (Å²) in [6.07, 6.45) is 0.729. The third-order valence-electron chi connectivity index (χ3n) is 4.20. The van der Waals surface area contributed by atoms with Gasteiger partial charge in [0.2, 0.25) is 0 Å². The molecule has 1 atom stereocenters. The molecule has 0 amide bonds. The third kappa shape index (κ3) is 2.78. The number of phenols is 2. The van der Waals surface area contributed by atoms with E-state index in [4.69, 9.17) is 11.6 Å². The molecule has 3 N–H and O–H groups in total. The first-order valence-electron chi connectivity index (χ1n) is 7.25. The highest BCUT2D eigenvalue weighted by atomic mass is 35.5. The fraction of sp³-hybridized carbons (Fsp3) is 0.294. The van der Waals surface area contributed by atoms with Crippen LogP contribution >= 0.6 is 24.2 Å². The fourth-order valence-corrected chi connectivity index (χ4v) is 3.48. The van der Waals surface area contributed by atoms with E-state index in [0.717, 1.165) is 36.2 Å². The SMILES string of the molecule is Oc1cc2c(c(Cl)c1O)CCNCC2c1ccc(CS)cc1. The quantitative estimate of drug-likeness (QED) is 0.502. The van der Waals surface area contributed by atoms with E-state index < -0.39 is 0 Å². The van der Waals surface area contributed by atoms with Crippen molar-refractivity contribution in [3.05, 3.63) is 57.6 Å². The van der Waals surface area contributed by atoms with E-state index in [2.05, 4.69) is 42.2 Å². The number of aromatic hydroxyl groups is 2. The highest BCUT2D eigenvalue weighted by Gasteiger charge is 2.25. The van der Waals surface area contributed by atoms with Gasteiger partial charge in [0.1, 0.15) is 0 Å². The Morgan fingerprint density at radius 2 is 1.95 bits per heavy atom. The number of hydrogen-bond acceptors (Lipinski definition) is 4.